The quantitative estimate of drug-likeness (QED) is 0.596. The Morgan fingerprint density at radius 3 is 2.62 bits per heavy atom. The maximum Gasteiger partial charge on any atom is 0.231 e. The molecule has 0 amide bonds. The molecule has 29 heavy (non-hydrogen) atoms. The normalized spacial score (nSPS) is 15.3. The molecule has 0 fully saturated rings. The number of carbonyl (C=O) groups excluding carboxylic acids is 1. The van der Waals surface area contributed by atoms with Gasteiger partial charge in [-0.05, 0) is 48.4 Å². The lowest BCUT2D eigenvalue weighted by Crippen LogP contribution is -1.98. The van der Waals surface area contributed by atoms with Gasteiger partial charge in [-0.1, -0.05) is 35.9 Å². The van der Waals surface area contributed by atoms with E-state index in [1.54, 1.807) is 24.3 Å². The average molecular weight is 386 g/mol. The number of ether oxygens (including phenoxy) is 4. The fraction of sp³-hybridized carbons (Fsp3) is 0.125. The van der Waals surface area contributed by atoms with Crippen LogP contribution in [-0.2, 0) is 6.61 Å². The van der Waals surface area contributed by atoms with Crippen molar-refractivity contribution in [2.45, 2.75) is 13.5 Å². The number of fused-ring (bicyclic) bond motifs is 2. The molecule has 5 rings (SSSR count). The first-order chi connectivity index (χ1) is 14.2. The van der Waals surface area contributed by atoms with E-state index in [0.29, 0.717) is 35.2 Å². The third-order valence-corrected chi connectivity index (χ3v) is 4.86. The maximum atomic E-state index is 12.7. The van der Waals surface area contributed by atoms with Crippen molar-refractivity contribution in [2.75, 3.05) is 6.79 Å². The van der Waals surface area contributed by atoms with Gasteiger partial charge in [-0.2, -0.15) is 0 Å². The molecule has 5 nitrogen and oxygen atoms in total. The first-order valence-electron chi connectivity index (χ1n) is 9.32. The largest absolute Gasteiger partial charge is 0.489 e. The minimum atomic E-state index is -0.150. The smallest absolute Gasteiger partial charge is 0.231 e. The predicted octanol–water partition coefficient (Wildman–Crippen LogP) is 4.92. The molecule has 2 aliphatic heterocycles. The molecule has 0 aromatic heterocycles. The molecule has 3 aromatic carbocycles. The molecule has 0 atom stereocenters. The molecule has 0 saturated carbocycles. The molecule has 2 aliphatic rings. The summed E-state index contributed by atoms with van der Waals surface area (Å²) >= 11 is 0. The standard InChI is InChI=1S/C24H18O5/c1-15-2-4-16(5-3-15)13-26-18-7-8-19-21(12-18)29-23(24(19)25)11-17-6-9-20-22(10-17)28-14-27-20/h2-12H,13-14H2,1H3/b23-11-. The summed E-state index contributed by atoms with van der Waals surface area (Å²) in [6.45, 7) is 2.71. The Hall–Kier alpha value is -3.73. The SMILES string of the molecule is Cc1ccc(COc2ccc3c(c2)O/C(=C\c2ccc4c(c2)OCO4)C3=O)cc1. The van der Waals surface area contributed by atoms with Crippen LogP contribution in [0.25, 0.3) is 6.08 Å². The van der Waals surface area contributed by atoms with E-state index in [2.05, 4.69) is 12.1 Å². The lowest BCUT2D eigenvalue weighted by atomic mass is 10.1. The minimum absolute atomic E-state index is 0.150. The van der Waals surface area contributed by atoms with E-state index in [-0.39, 0.29) is 18.3 Å². The topological polar surface area (TPSA) is 54.0 Å². The van der Waals surface area contributed by atoms with Gasteiger partial charge in [-0.15, -0.1) is 0 Å². The summed E-state index contributed by atoms with van der Waals surface area (Å²) in [5.41, 5.74) is 3.62. The molecule has 5 heteroatoms. The number of Topliss-reactive ketones (excluding diaryl/α,β-unsaturated/α-hetero) is 1. The van der Waals surface area contributed by atoms with Gasteiger partial charge in [-0.3, -0.25) is 4.79 Å². The summed E-state index contributed by atoms with van der Waals surface area (Å²) in [4.78, 5) is 12.7. The number of hydrogen-bond donors (Lipinski definition) is 0. The van der Waals surface area contributed by atoms with Crippen LogP contribution < -0.4 is 18.9 Å². The van der Waals surface area contributed by atoms with E-state index in [4.69, 9.17) is 18.9 Å². The van der Waals surface area contributed by atoms with Crippen molar-refractivity contribution in [2.24, 2.45) is 0 Å². The number of benzene rings is 3. The molecule has 3 aromatic rings. The monoisotopic (exact) mass is 386 g/mol. The Kier molecular flexibility index (Phi) is 4.21. The van der Waals surface area contributed by atoms with Crippen LogP contribution >= 0.6 is 0 Å². The molecule has 0 N–H and O–H groups in total. The number of allylic oxidation sites excluding steroid dienone is 1. The number of ketones is 1. The van der Waals surface area contributed by atoms with Crippen LogP contribution in [0.15, 0.2) is 66.4 Å². The van der Waals surface area contributed by atoms with Crippen molar-refractivity contribution in [1.29, 1.82) is 0 Å². The van der Waals surface area contributed by atoms with Gasteiger partial charge < -0.3 is 18.9 Å². The zero-order valence-corrected chi connectivity index (χ0v) is 15.8. The first-order valence-corrected chi connectivity index (χ1v) is 9.32. The first kappa shape index (κ1) is 17.4. The van der Waals surface area contributed by atoms with Crippen LogP contribution in [0.4, 0.5) is 0 Å². The predicted molar refractivity (Wildman–Crippen MR) is 107 cm³/mol. The molecule has 0 saturated heterocycles. The second-order valence-electron chi connectivity index (χ2n) is 6.98. The summed E-state index contributed by atoms with van der Waals surface area (Å²) in [6.07, 6.45) is 1.71. The number of carbonyl (C=O) groups is 1. The Morgan fingerprint density at radius 1 is 0.931 bits per heavy atom. The highest BCUT2D eigenvalue weighted by Crippen LogP contribution is 2.37. The van der Waals surface area contributed by atoms with E-state index in [1.807, 2.05) is 37.3 Å². The van der Waals surface area contributed by atoms with Gasteiger partial charge in [0.05, 0.1) is 5.56 Å². The lowest BCUT2D eigenvalue weighted by molar-refractivity contribution is 0.101. The Morgan fingerprint density at radius 2 is 1.76 bits per heavy atom. The second kappa shape index (κ2) is 7.02. The fourth-order valence-electron chi connectivity index (χ4n) is 3.26. The number of aryl methyl sites for hydroxylation is 1. The number of hydrogen-bond acceptors (Lipinski definition) is 5. The van der Waals surface area contributed by atoms with Gasteiger partial charge in [0.2, 0.25) is 12.6 Å². The zero-order valence-electron chi connectivity index (χ0n) is 15.8. The van der Waals surface area contributed by atoms with Crippen molar-refractivity contribution in [1.82, 2.24) is 0 Å². The highest BCUT2D eigenvalue weighted by Gasteiger charge is 2.28. The van der Waals surface area contributed by atoms with Crippen LogP contribution in [0.5, 0.6) is 23.0 Å². The lowest BCUT2D eigenvalue weighted by Gasteiger charge is -2.07. The molecule has 0 spiro atoms. The van der Waals surface area contributed by atoms with Crippen LogP contribution in [0.3, 0.4) is 0 Å². The van der Waals surface area contributed by atoms with E-state index < -0.39 is 0 Å². The summed E-state index contributed by atoms with van der Waals surface area (Å²) in [5, 5.41) is 0. The molecular weight excluding hydrogens is 368 g/mol. The van der Waals surface area contributed by atoms with Gasteiger partial charge in [0.15, 0.2) is 17.3 Å². The Bertz CT molecular complexity index is 1130. The van der Waals surface area contributed by atoms with Crippen molar-refractivity contribution >= 4 is 11.9 Å². The highest BCUT2D eigenvalue weighted by molar-refractivity contribution is 6.14. The summed E-state index contributed by atoms with van der Waals surface area (Å²) in [7, 11) is 0. The van der Waals surface area contributed by atoms with Gasteiger partial charge in [-0.25, -0.2) is 0 Å². The zero-order chi connectivity index (χ0) is 19.8. The van der Waals surface area contributed by atoms with Crippen LogP contribution in [-0.4, -0.2) is 12.6 Å². The van der Waals surface area contributed by atoms with Gasteiger partial charge in [0.25, 0.3) is 0 Å². The van der Waals surface area contributed by atoms with E-state index >= 15 is 0 Å². The molecular formula is C24H18O5. The maximum absolute atomic E-state index is 12.7. The van der Waals surface area contributed by atoms with Gasteiger partial charge in [0.1, 0.15) is 18.1 Å². The summed E-state index contributed by atoms with van der Waals surface area (Å²) in [6, 6.07) is 19.0. The minimum Gasteiger partial charge on any atom is -0.489 e. The van der Waals surface area contributed by atoms with Crippen molar-refractivity contribution in [3.63, 3.8) is 0 Å². The van der Waals surface area contributed by atoms with Crippen LogP contribution in [0.2, 0.25) is 0 Å². The average Bonchev–Trinajstić information content (AvgIpc) is 3.32. The van der Waals surface area contributed by atoms with Crippen LogP contribution in [0.1, 0.15) is 27.0 Å². The third kappa shape index (κ3) is 3.43. The van der Waals surface area contributed by atoms with Crippen molar-refractivity contribution in [3.8, 4) is 23.0 Å². The van der Waals surface area contributed by atoms with Crippen molar-refractivity contribution < 1.29 is 23.7 Å². The van der Waals surface area contributed by atoms with Crippen LogP contribution in [0, 0.1) is 6.92 Å². The van der Waals surface area contributed by atoms with E-state index in [0.717, 1.165) is 11.1 Å². The van der Waals surface area contributed by atoms with E-state index in [1.165, 1.54) is 5.56 Å². The summed E-state index contributed by atoms with van der Waals surface area (Å²) in [5.74, 6) is 2.64. The molecule has 144 valence electrons. The summed E-state index contributed by atoms with van der Waals surface area (Å²) < 4.78 is 22.4. The molecule has 0 unspecified atom stereocenters. The van der Waals surface area contributed by atoms with Crippen molar-refractivity contribution in [3.05, 3.63) is 88.7 Å². The number of rotatable bonds is 4. The van der Waals surface area contributed by atoms with E-state index in [9.17, 15) is 4.79 Å². The Labute approximate surface area is 168 Å². The van der Waals surface area contributed by atoms with Gasteiger partial charge >= 0.3 is 0 Å². The van der Waals surface area contributed by atoms with Gasteiger partial charge in [0, 0.05) is 6.07 Å². The Balaban J connectivity index is 1.33. The highest BCUT2D eigenvalue weighted by atomic mass is 16.7. The fourth-order valence-corrected chi connectivity index (χ4v) is 3.26. The second-order valence-corrected chi connectivity index (χ2v) is 6.98. The molecule has 0 bridgehead atoms. The molecule has 0 radical (unpaired) electrons. The third-order valence-electron chi connectivity index (χ3n) is 4.86. The molecule has 0 aliphatic carbocycles. The molecule has 2 heterocycles.